The average molecular weight is 291 g/mol. The van der Waals surface area contributed by atoms with E-state index in [1.54, 1.807) is 0 Å². The van der Waals surface area contributed by atoms with Crippen LogP contribution < -0.4 is 10.6 Å². The highest BCUT2D eigenvalue weighted by Crippen LogP contribution is 2.41. The summed E-state index contributed by atoms with van der Waals surface area (Å²) in [5.74, 6) is -0.361. The zero-order chi connectivity index (χ0) is 15.0. The Bertz CT molecular complexity index is 563. The maximum Gasteiger partial charge on any atom is 0.339 e. The van der Waals surface area contributed by atoms with Crippen LogP contribution in [0.15, 0.2) is 12.3 Å². The van der Waals surface area contributed by atoms with E-state index in [9.17, 15) is 15.0 Å². The summed E-state index contributed by atoms with van der Waals surface area (Å²) in [7, 11) is 0. The number of hydrogen-bond donors (Lipinski definition) is 3. The van der Waals surface area contributed by atoms with Crippen LogP contribution in [0.2, 0.25) is 0 Å². The van der Waals surface area contributed by atoms with E-state index >= 15 is 0 Å². The number of carboxylic acid groups (broad SMARTS) is 1. The number of nitrogens with two attached hydrogens (primary N) is 1. The van der Waals surface area contributed by atoms with Crippen LogP contribution in [0, 0.1) is 5.92 Å². The first kappa shape index (κ1) is 14.1. The van der Waals surface area contributed by atoms with Gasteiger partial charge in [0, 0.05) is 19.0 Å². The fraction of sp³-hybridized carbons (Fsp3) is 0.600. The van der Waals surface area contributed by atoms with Crippen LogP contribution in [-0.4, -0.2) is 39.9 Å². The van der Waals surface area contributed by atoms with Gasteiger partial charge in [0.2, 0.25) is 0 Å². The fourth-order valence-electron chi connectivity index (χ4n) is 3.65. The molecular weight excluding hydrogens is 270 g/mol. The molecule has 2 atom stereocenters. The molecule has 3 rings (SSSR count). The second-order valence-corrected chi connectivity index (χ2v) is 6.19. The lowest BCUT2D eigenvalue weighted by Crippen LogP contribution is -2.53. The number of fused-ring (bicyclic) bond motifs is 1. The van der Waals surface area contributed by atoms with Gasteiger partial charge in [0.1, 0.15) is 11.4 Å². The Morgan fingerprint density at radius 1 is 1.43 bits per heavy atom. The SMILES string of the molecule is Nc1cnc(N2CCC3(O)CCCCC3C2)c(C(=O)O)c1. The first-order valence-electron chi connectivity index (χ1n) is 7.46. The Hall–Kier alpha value is -1.82. The van der Waals surface area contributed by atoms with Crippen molar-refractivity contribution in [3.63, 3.8) is 0 Å². The van der Waals surface area contributed by atoms with Gasteiger partial charge in [-0.05, 0) is 25.3 Å². The lowest BCUT2D eigenvalue weighted by atomic mass is 9.71. The molecule has 1 aliphatic heterocycles. The molecule has 0 radical (unpaired) electrons. The summed E-state index contributed by atoms with van der Waals surface area (Å²) in [5.41, 5.74) is 5.55. The molecule has 1 aromatic rings. The van der Waals surface area contributed by atoms with Crippen LogP contribution in [0.4, 0.5) is 11.5 Å². The van der Waals surface area contributed by atoms with Crippen molar-refractivity contribution in [2.24, 2.45) is 5.92 Å². The number of carboxylic acids is 1. The molecule has 6 heteroatoms. The molecule has 1 aliphatic carbocycles. The number of nitrogen functional groups attached to an aromatic ring is 1. The Morgan fingerprint density at radius 2 is 2.24 bits per heavy atom. The van der Waals surface area contributed by atoms with Gasteiger partial charge in [-0.1, -0.05) is 12.8 Å². The normalized spacial score (nSPS) is 29.0. The number of pyridine rings is 1. The van der Waals surface area contributed by atoms with Gasteiger partial charge in [-0.2, -0.15) is 0 Å². The molecule has 0 spiro atoms. The third-order valence-corrected chi connectivity index (χ3v) is 4.85. The lowest BCUT2D eigenvalue weighted by Gasteiger charge is -2.47. The van der Waals surface area contributed by atoms with Gasteiger partial charge < -0.3 is 20.8 Å². The van der Waals surface area contributed by atoms with Crippen molar-refractivity contribution >= 4 is 17.5 Å². The Balaban J connectivity index is 1.87. The molecule has 4 N–H and O–H groups in total. The first-order valence-corrected chi connectivity index (χ1v) is 7.46. The number of nitrogens with zero attached hydrogens (tertiary/aromatic N) is 2. The van der Waals surface area contributed by atoms with E-state index in [1.165, 1.54) is 12.3 Å². The minimum absolute atomic E-state index is 0.135. The number of piperidine rings is 1. The summed E-state index contributed by atoms with van der Waals surface area (Å²) in [6, 6.07) is 1.45. The molecular formula is C15H21N3O3. The minimum atomic E-state index is -1.02. The molecule has 1 saturated carbocycles. The Kier molecular flexibility index (Phi) is 3.49. The summed E-state index contributed by atoms with van der Waals surface area (Å²) in [4.78, 5) is 17.6. The van der Waals surface area contributed by atoms with Gasteiger partial charge in [-0.3, -0.25) is 0 Å². The molecule has 0 amide bonds. The topological polar surface area (TPSA) is 99.7 Å². The van der Waals surface area contributed by atoms with Gasteiger partial charge in [-0.25, -0.2) is 9.78 Å². The quantitative estimate of drug-likeness (QED) is 0.763. The molecule has 0 aromatic carbocycles. The van der Waals surface area contributed by atoms with Crippen LogP contribution in [0.3, 0.4) is 0 Å². The molecule has 1 aromatic heterocycles. The van der Waals surface area contributed by atoms with Gasteiger partial charge in [-0.15, -0.1) is 0 Å². The van der Waals surface area contributed by atoms with Crippen LogP contribution in [0.5, 0.6) is 0 Å². The summed E-state index contributed by atoms with van der Waals surface area (Å²) in [5, 5.41) is 20.0. The predicted octanol–water partition coefficient (Wildman–Crippen LogP) is 1.49. The molecule has 6 nitrogen and oxygen atoms in total. The van der Waals surface area contributed by atoms with Gasteiger partial charge in [0.05, 0.1) is 17.5 Å². The Labute approximate surface area is 123 Å². The number of aliphatic hydroxyl groups is 1. The van der Waals surface area contributed by atoms with Crippen LogP contribution in [0.1, 0.15) is 42.5 Å². The van der Waals surface area contributed by atoms with E-state index in [-0.39, 0.29) is 11.5 Å². The molecule has 2 heterocycles. The van der Waals surface area contributed by atoms with Crippen LogP contribution in [0.25, 0.3) is 0 Å². The third-order valence-electron chi connectivity index (χ3n) is 4.85. The summed E-state index contributed by atoms with van der Waals surface area (Å²) in [6.45, 7) is 1.29. The van der Waals surface area contributed by atoms with E-state index in [0.717, 1.165) is 25.7 Å². The van der Waals surface area contributed by atoms with E-state index < -0.39 is 11.6 Å². The number of rotatable bonds is 2. The van der Waals surface area contributed by atoms with Crippen molar-refractivity contribution in [2.45, 2.75) is 37.7 Å². The van der Waals surface area contributed by atoms with E-state index in [4.69, 9.17) is 5.73 Å². The maximum absolute atomic E-state index is 11.4. The monoisotopic (exact) mass is 291 g/mol. The second-order valence-electron chi connectivity index (χ2n) is 6.19. The standard InChI is InChI=1S/C15H21N3O3/c16-11-7-12(14(19)20)13(17-8-11)18-6-5-15(21)4-2-1-3-10(15)9-18/h7-8,10,21H,1-6,9,16H2,(H,19,20). The van der Waals surface area contributed by atoms with Crippen molar-refractivity contribution in [1.82, 2.24) is 4.98 Å². The lowest BCUT2D eigenvalue weighted by molar-refractivity contribution is -0.0613. The summed E-state index contributed by atoms with van der Waals surface area (Å²) < 4.78 is 0. The van der Waals surface area contributed by atoms with E-state index in [2.05, 4.69) is 4.98 Å². The van der Waals surface area contributed by atoms with Crippen LogP contribution in [-0.2, 0) is 0 Å². The number of hydrogen-bond acceptors (Lipinski definition) is 5. The summed E-state index contributed by atoms with van der Waals surface area (Å²) >= 11 is 0. The molecule has 114 valence electrons. The van der Waals surface area contributed by atoms with Crippen molar-refractivity contribution in [1.29, 1.82) is 0 Å². The summed E-state index contributed by atoms with van der Waals surface area (Å²) in [6.07, 6.45) is 6.21. The Morgan fingerprint density at radius 3 is 3.00 bits per heavy atom. The number of anilines is 2. The van der Waals surface area contributed by atoms with Gasteiger partial charge in [0.15, 0.2) is 0 Å². The highest BCUT2D eigenvalue weighted by atomic mass is 16.4. The zero-order valence-electron chi connectivity index (χ0n) is 12.0. The molecule has 2 aliphatic rings. The van der Waals surface area contributed by atoms with Crippen LogP contribution >= 0.6 is 0 Å². The fourth-order valence-corrected chi connectivity index (χ4v) is 3.65. The highest BCUT2D eigenvalue weighted by Gasteiger charge is 2.43. The molecule has 1 saturated heterocycles. The highest BCUT2D eigenvalue weighted by molar-refractivity contribution is 5.94. The average Bonchev–Trinajstić information content (AvgIpc) is 2.46. The van der Waals surface area contributed by atoms with Crippen molar-refractivity contribution in [2.75, 3.05) is 23.7 Å². The largest absolute Gasteiger partial charge is 0.478 e. The second kappa shape index (κ2) is 5.18. The number of aromatic nitrogens is 1. The molecule has 0 bridgehead atoms. The minimum Gasteiger partial charge on any atom is -0.478 e. The van der Waals surface area contributed by atoms with Crippen molar-refractivity contribution < 1.29 is 15.0 Å². The van der Waals surface area contributed by atoms with Gasteiger partial charge >= 0.3 is 5.97 Å². The van der Waals surface area contributed by atoms with Gasteiger partial charge in [0.25, 0.3) is 0 Å². The van der Waals surface area contributed by atoms with Crippen molar-refractivity contribution in [3.8, 4) is 0 Å². The zero-order valence-corrected chi connectivity index (χ0v) is 12.0. The molecule has 2 unspecified atom stereocenters. The van der Waals surface area contributed by atoms with E-state index in [1.807, 2.05) is 4.90 Å². The third kappa shape index (κ3) is 2.55. The maximum atomic E-state index is 11.4. The number of carbonyl (C=O) groups is 1. The first-order chi connectivity index (χ1) is 9.99. The molecule has 21 heavy (non-hydrogen) atoms. The van der Waals surface area contributed by atoms with Crippen molar-refractivity contribution in [3.05, 3.63) is 17.8 Å². The predicted molar refractivity (Wildman–Crippen MR) is 79.3 cm³/mol. The number of aromatic carboxylic acids is 1. The molecule has 2 fully saturated rings. The van der Waals surface area contributed by atoms with E-state index in [0.29, 0.717) is 31.0 Å². The smallest absolute Gasteiger partial charge is 0.339 e.